The molecule has 5 nitrogen and oxygen atoms in total. The van der Waals surface area contributed by atoms with Gasteiger partial charge in [-0.15, -0.1) is 0 Å². The number of nitrogens with zero attached hydrogens (tertiary/aromatic N) is 1. The molecule has 0 saturated heterocycles. The maximum absolute atomic E-state index is 12.9. The molecular formula is C21H21ClN2O3. The van der Waals surface area contributed by atoms with E-state index in [1.165, 1.54) is 0 Å². The van der Waals surface area contributed by atoms with Crippen LogP contribution in [0.1, 0.15) is 41.4 Å². The lowest BCUT2D eigenvalue weighted by molar-refractivity contribution is -0.0170. The third-order valence-electron chi connectivity index (χ3n) is 4.73. The number of fused-ring (bicyclic) bond motifs is 2. The number of para-hydroxylation sites is 1. The molecule has 2 aromatic carbocycles. The zero-order valence-electron chi connectivity index (χ0n) is 15.3. The van der Waals surface area contributed by atoms with E-state index in [1.807, 2.05) is 42.6 Å². The Morgan fingerprint density at radius 3 is 2.93 bits per heavy atom. The lowest BCUT2D eigenvalue weighted by Crippen LogP contribution is -2.24. The van der Waals surface area contributed by atoms with Crippen LogP contribution in [0.3, 0.4) is 0 Å². The van der Waals surface area contributed by atoms with E-state index in [-0.39, 0.29) is 18.7 Å². The smallest absolute Gasteiger partial charge is 0.253 e. The molecule has 3 aromatic rings. The second-order valence-corrected chi connectivity index (χ2v) is 7.34. The van der Waals surface area contributed by atoms with E-state index in [9.17, 15) is 4.79 Å². The number of rotatable bonds is 4. The van der Waals surface area contributed by atoms with Crippen molar-refractivity contribution in [3.05, 3.63) is 64.3 Å². The molecule has 1 aromatic heterocycles. The normalized spacial score (nSPS) is 13.5. The van der Waals surface area contributed by atoms with Gasteiger partial charge in [0.1, 0.15) is 5.75 Å². The Morgan fingerprint density at radius 1 is 1.30 bits per heavy atom. The lowest BCUT2D eigenvalue weighted by atomic mass is 10.1. The molecule has 1 amide bonds. The molecule has 0 spiro atoms. The molecule has 2 heterocycles. The number of ether oxygens (including phenoxy) is 2. The fourth-order valence-electron chi connectivity index (χ4n) is 3.47. The Bertz CT molecular complexity index is 1010. The number of halogens is 1. The van der Waals surface area contributed by atoms with Gasteiger partial charge in [0.05, 0.1) is 12.2 Å². The van der Waals surface area contributed by atoms with Gasteiger partial charge in [0.15, 0.2) is 6.79 Å². The van der Waals surface area contributed by atoms with E-state index in [1.54, 1.807) is 0 Å². The van der Waals surface area contributed by atoms with Crippen LogP contribution in [0.2, 0.25) is 5.02 Å². The molecule has 0 atom stereocenters. The Kier molecular flexibility index (Phi) is 4.81. The van der Waals surface area contributed by atoms with E-state index < -0.39 is 0 Å². The third-order valence-corrected chi connectivity index (χ3v) is 4.95. The highest BCUT2D eigenvalue weighted by Gasteiger charge is 2.19. The van der Waals surface area contributed by atoms with E-state index in [4.69, 9.17) is 21.1 Å². The molecule has 0 saturated carbocycles. The van der Waals surface area contributed by atoms with Crippen LogP contribution in [-0.2, 0) is 17.9 Å². The fourth-order valence-corrected chi connectivity index (χ4v) is 3.74. The first-order valence-electron chi connectivity index (χ1n) is 8.94. The summed E-state index contributed by atoms with van der Waals surface area (Å²) in [5.41, 5.74) is 3.47. The number of carbonyl (C=O) groups excluding carboxylic acids is 1. The molecule has 0 bridgehead atoms. The van der Waals surface area contributed by atoms with Crippen LogP contribution >= 0.6 is 11.6 Å². The van der Waals surface area contributed by atoms with Gasteiger partial charge in [0.25, 0.3) is 5.91 Å². The average molecular weight is 385 g/mol. The Balaban J connectivity index is 1.61. The first-order valence-corrected chi connectivity index (χ1v) is 9.32. The van der Waals surface area contributed by atoms with Gasteiger partial charge in [0, 0.05) is 45.8 Å². The second kappa shape index (κ2) is 7.25. The van der Waals surface area contributed by atoms with Crippen LogP contribution in [0.4, 0.5) is 0 Å². The van der Waals surface area contributed by atoms with Crippen molar-refractivity contribution < 1.29 is 14.3 Å². The van der Waals surface area contributed by atoms with Crippen molar-refractivity contribution in [1.29, 1.82) is 0 Å². The molecule has 0 unspecified atom stereocenters. The van der Waals surface area contributed by atoms with Crippen LogP contribution in [0.25, 0.3) is 10.9 Å². The zero-order valence-corrected chi connectivity index (χ0v) is 16.0. The number of carbonyl (C=O) groups is 1. The number of benzene rings is 2. The van der Waals surface area contributed by atoms with Gasteiger partial charge in [-0.3, -0.25) is 4.79 Å². The van der Waals surface area contributed by atoms with E-state index in [0.29, 0.717) is 23.7 Å². The minimum Gasteiger partial charge on any atom is -0.467 e. The molecule has 1 N–H and O–H groups in total. The van der Waals surface area contributed by atoms with Gasteiger partial charge in [-0.1, -0.05) is 29.8 Å². The van der Waals surface area contributed by atoms with Gasteiger partial charge in [-0.2, -0.15) is 0 Å². The molecule has 4 rings (SSSR count). The highest BCUT2D eigenvalue weighted by Crippen LogP contribution is 2.32. The minimum absolute atomic E-state index is 0.119. The maximum Gasteiger partial charge on any atom is 0.253 e. The molecule has 27 heavy (non-hydrogen) atoms. The Hall–Kier alpha value is -2.50. The summed E-state index contributed by atoms with van der Waals surface area (Å²) in [6.07, 6.45) is 1.92. The number of aromatic nitrogens is 1. The van der Waals surface area contributed by atoms with Crippen molar-refractivity contribution in [3.63, 3.8) is 0 Å². The van der Waals surface area contributed by atoms with Crippen molar-refractivity contribution in [2.24, 2.45) is 0 Å². The SMILES string of the molecule is CC(C)n1cc(C(=O)NCc2cc(Cl)cc3c2OCOC3)c2ccccc21. The molecule has 0 radical (unpaired) electrons. The Labute approximate surface area is 162 Å². The summed E-state index contributed by atoms with van der Waals surface area (Å²) in [5.74, 6) is 0.627. The van der Waals surface area contributed by atoms with Crippen LogP contribution in [0.15, 0.2) is 42.6 Å². The number of amides is 1. The lowest BCUT2D eigenvalue weighted by Gasteiger charge is -2.21. The van der Waals surface area contributed by atoms with Gasteiger partial charge < -0.3 is 19.4 Å². The molecular weight excluding hydrogens is 364 g/mol. The van der Waals surface area contributed by atoms with Gasteiger partial charge >= 0.3 is 0 Å². The third kappa shape index (κ3) is 3.40. The summed E-state index contributed by atoms with van der Waals surface area (Å²) in [6.45, 7) is 5.21. The van der Waals surface area contributed by atoms with Crippen LogP contribution in [0, 0.1) is 0 Å². The average Bonchev–Trinajstić information content (AvgIpc) is 3.06. The van der Waals surface area contributed by atoms with Crippen LogP contribution in [-0.4, -0.2) is 17.3 Å². The maximum atomic E-state index is 12.9. The van der Waals surface area contributed by atoms with Gasteiger partial charge in [0.2, 0.25) is 0 Å². The molecule has 6 heteroatoms. The molecule has 1 aliphatic rings. The second-order valence-electron chi connectivity index (χ2n) is 6.91. The molecule has 1 aliphatic heterocycles. The predicted octanol–water partition coefficient (Wildman–Crippen LogP) is 4.67. The summed E-state index contributed by atoms with van der Waals surface area (Å²) in [4.78, 5) is 12.9. The number of hydrogen-bond donors (Lipinski definition) is 1. The van der Waals surface area contributed by atoms with E-state index in [0.717, 1.165) is 27.8 Å². The summed E-state index contributed by atoms with van der Waals surface area (Å²) in [6, 6.07) is 11.9. The number of hydrogen-bond acceptors (Lipinski definition) is 3. The first kappa shape index (κ1) is 17.9. The van der Waals surface area contributed by atoms with Gasteiger partial charge in [-0.05, 0) is 32.0 Å². The quantitative estimate of drug-likeness (QED) is 0.711. The molecule has 0 fully saturated rings. The summed E-state index contributed by atoms with van der Waals surface area (Å²) in [7, 11) is 0. The highest BCUT2D eigenvalue weighted by molar-refractivity contribution is 6.30. The highest BCUT2D eigenvalue weighted by atomic mass is 35.5. The van der Waals surface area contributed by atoms with Crippen molar-refractivity contribution in [3.8, 4) is 5.75 Å². The topological polar surface area (TPSA) is 52.5 Å². The minimum atomic E-state index is -0.119. The summed E-state index contributed by atoms with van der Waals surface area (Å²) < 4.78 is 13.0. The molecule has 0 aliphatic carbocycles. The predicted molar refractivity (Wildman–Crippen MR) is 105 cm³/mol. The monoisotopic (exact) mass is 384 g/mol. The van der Waals surface area contributed by atoms with Crippen LogP contribution in [0.5, 0.6) is 5.75 Å². The van der Waals surface area contributed by atoms with E-state index >= 15 is 0 Å². The van der Waals surface area contributed by atoms with Crippen LogP contribution < -0.4 is 10.1 Å². The summed E-state index contributed by atoms with van der Waals surface area (Å²) in [5, 5.41) is 4.55. The van der Waals surface area contributed by atoms with Gasteiger partial charge in [-0.25, -0.2) is 0 Å². The van der Waals surface area contributed by atoms with Crippen molar-refractivity contribution >= 4 is 28.4 Å². The standard InChI is InChI=1S/C21H21ClN2O3/c1-13(2)24-10-18(17-5-3-4-6-19(17)24)21(25)23-9-14-7-16(22)8-15-11-26-12-27-20(14)15/h3-8,10,13H,9,11-12H2,1-2H3,(H,23,25). The Morgan fingerprint density at radius 2 is 2.11 bits per heavy atom. The van der Waals surface area contributed by atoms with Crippen molar-refractivity contribution in [1.82, 2.24) is 9.88 Å². The number of nitrogens with one attached hydrogen (secondary N) is 1. The largest absolute Gasteiger partial charge is 0.467 e. The zero-order chi connectivity index (χ0) is 19.0. The molecule has 140 valence electrons. The summed E-state index contributed by atoms with van der Waals surface area (Å²) >= 11 is 6.20. The van der Waals surface area contributed by atoms with Crippen molar-refractivity contribution in [2.75, 3.05) is 6.79 Å². The fraction of sp³-hybridized carbons (Fsp3) is 0.286. The van der Waals surface area contributed by atoms with Crippen molar-refractivity contribution in [2.45, 2.75) is 33.0 Å². The first-order chi connectivity index (χ1) is 13.0. The van der Waals surface area contributed by atoms with E-state index in [2.05, 4.69) is 23.7 Å².